The lowest BCUT2D eigenvalue weighted by Crippen LogP contribution is -2.40. The smallest absolute Gasteiger partial charge is 0.382 e. The van der Waals surface area contributed by atoms with Gasteiger partial charge in [-0.25, -0.2) is 0 Å². The molecule has 1 aliphatic heterocycles. The van der Waals surface area contributed by atoms with E-state index >= 15 is 0 Å². The molecule has 0 bridgehead atoms. The zero-order valence-corrected chi connectivity index (χ0v) is 8.50. The number of aliphatic hydroxyl groups excluding tert-OH is 1. The highest BCUT2D eigenvalue weighted by Crippen LogP contribution is 2.38. The van der Waals surface area contributed by atoms with E-state index in [4.69, 9.17) is 5.11 Å². The molecule has 1 aliphatic carbocycles. The first kappa shape index (κ1) is 11.2. The van der Waals surface area contributed by atoms with Gasteiger partial charge in [0.1, 0.15) is 0 Å². The normalized spacial score (nSPS) is 34.4. The number of likely N-dealkylation sites (tertiary alicyclic amines) is 1. The highest BCUT2D eigenvalue weighted by Gasteiger charge is 2.42. The van der Waals surface area contributed by atoms with Gasteiger partial charge in [0.05, 0.1) is 0 Å². The molecule has 88 valence electrons. The van der Waals surface area contributed by atoms with E-state index in [1.165, 1.54) is 6.42 Å². The number of rotatable bonds is 2. The van der Waals surface area contributed by atoms with E-state index in [1.807, 2.05) is 0 Å². The topological polar surface area (TPSA) is 23.5 Å². The lowest BCUT2D eigenvalue weighted by molar-refractivity contribution is -0.207. The summed E-state index contributed by atoms with van der Waals surface area (Å²) >= 11 is 0. The van der Waals surface area contributed by atoms with Crippen molar-refractivity contribution < 1.29 is 18.3 Å². The maximum Gasteiger partial charge on any atom is 0.415 e. The molecule has 0 amide bonds. The van der Waals surface area contributed by atoms with E-state index in [9.17, 15) is 13.2 Å². The Morgan fingerprint density at radius 1 is 1.20 bits per heavy atom. The molecule has 1 saturated carbocycles. The second-order valence-corrected chi connectivity index (χ2v) is 4.73. The standard InChI is InChI=1S/C10H16F3NO/c11-10(12,13)9(15)6-14-4-7-2-1-3-8(7)5-14/h7-9,15H,1-6H2. The van der Waals surface area contributed by atoms with Crippen molar-refractivity contribution >= 4 is 0 Å². The lowest BCUT2D eigenvalue weighted by Gasteiger charge is -2.22. The number of hydrogen-bond donors (Lipinski definition) is 1. The Labute approximate surface area is 87.1 Å². The van der Waals surface area contributed by atoms with Crippen LogP contribution in [-0.4, -0.2) is 41.9 Å². The van der Waals surface area contributed by atoms with Crippen molar-refractivity contribution in [3.8, 4) is 0 Å². The number of nitrogens with zero attached hydrogens (tertiary/aromatic N) is 1. The van der Waals surface area contributed by atoms with Gasteiger partial charge in [0, 0.05) is 19.6 Å². The summed E-state index contributed by atoms with van der Waals surface area (Å²) in [7, 11) is 0. The molecule has 3 unspecified atom stereocenters. The van der Waals surface area contributed by atoms with Gasteiger partial charge in [-0.2, -0.15) is 13.2 Å². The summed E-state index contributed by atoms with van der Waals surface area (Å²) in [6.45, 7) is 1.21. The lowest BCUT2D eigenvalue weighted by atomic mass is 10.0. The number of alkyl halides is 3. The van der Waals surface area contributed by atoms with Gasteiger partial charge >= 0.3 is 6.18 Å². The molecule has 2 nitrogen and oxygen atoms in total. The summed E-state index contributed by atoms with van der Waals surface area (Å²) in [6.07, 6.45) is -3.16. The summed E-state index contributed by atoms with van der Waals surface area (Å²) in [6, 6.07) is 0. The first-order valence-electron chi connectivity index (χ1n) is 5.44. The predicted octanol–water partition coefficient (Wildman–Crippen LogP) is 1.64. The van der Waals surface area contributed by atoms with Crippen molar-refractivity contribution in [2.45, 2.75) is 31.5 Å². The number of β-amino-alcohol motifs (C(OH)–C–C–N with tert-alkyl or cyclic N) is 1. The maximum absolute atomic E-state index is 12.1. The molecule has 2 aliphatic rings. The van der Waals surface area contributed by atoms with Gasteiger partial charge in [0.25, 0.3) is 0 Å². The fourth-order valence-corrected chi connectivity index (χ4v) is 2.83. The Bertz CT molecular complexity index is 219. The van der Waals surface area contributed by atoms with E-state index < -0.39 is 12.3 Å². The monoisotopic (exact) mass is 223 g/mol. The van der Waals surface area contributed by atoms with Crippen molar-refractivity contribution in [2.75, 3.05) is 19.6 Å². The van der Waals surface area contributed by atoms with Crippen LogP contribution in [0.1, 0.15) is 19.3 Å². The molecule has 15 heavy (non-hydrogen) atoms. The van der Waals surface area contributed by atoms with Crippen LogP contribution in [0.25, 0.3) is 0 Å². The van der Waals surface area contributed by atoms with Gasteiger partial charge in [-0.3, -0.25) is 4.90 Å². The van der Waals surface area contributed by atoms with E-state index in [1.54, 1.807) is 4.90 Å². The molecule has 1 N–H and O–H groups in total. The van der Waals surface area contributed by atoms with Crippen molar-refractivity contribution in [1.29, 1.82) is 0 Å². The van der Waals surface area contributed by atoms with Crippen LogP contribution in [-0.2, 0) is 0 Å². The van der Waals surface area contributed by atoms with Crippen LogP contribution in [0.4, 0.5) is 13.2 Å². The van der Waals surface area contributed by atoms with Crippen molar-refractivity contribution in [2.24, 2.45) is 11.8 Å². The maximum atomic E-state index is 12.1. The van der Waals surface area contributed by atoms with Gasteiger partial charge in [0.15, 0.2) is 6.10 Å². The van der Waals surface area contributed by atoms with Gasteiger partial charge in [0.2, 0.25) is 0 Å². The SMILES string of the molecule is OC(CN1CC2CCCC2C1)C(F)(F)F. The summed E-state index contributed by atoms with van der Waals surface area (Å²) in [4.78, 5) is 1.76. The molecule has 2 fully saturated rings. The minimum absolute atomic E-state index is 0.253. The number of aliphatic hydroxyl groups is 1. The quantitative estimate of drug-likeness (QED) is 0.769. The average molecular weight is 223 g/mol. The van der Waals surface area contributed by atoms with Crippen LogP contribution in [0.2, 0.25) is 0 Å². The van der Waals surface area contributed by atoms with E-state index in [0.29, 0.717) is 11.8 Å². The Hall–Kier alpha value is -0.290. The van der Waals surface area contributed by atoms with E-state index in [0.717, 1.165) is 25.9 Å². The fourth-order valence-electron chi connectivity index (χ4n) is 2.83. The Kier molecular flexibility index (Phi) is 2.94. The first-order chi connectivity index (χ1) is 6.97. The number of fused-ring (bicyclic) bond motifs is 1. The fraction of sp³-hybridized carbons (Fsp3) is 1.00. The third-order valence-corrected chi connectivity index (χ3v) is 3.61. The number of halogens is 3. The highest BCUT2D eigenvalue weighted by atomic mass is 19.4. The van der Waals surface area contributed by atoms with E-state index in [-0.39, 0.29) is 6.54 Å². The molecule has 0 spiro atoms. The molecular formula is C10H16F3NO. The molecule has 0 aromatic carbocycles. The van der Waals surface area contributed by atoms with Gasteiger partial charge in [-0.15, -0.1) is 0 Å². The van der Waals surface area contributed by atoms with Crippen molar-refractivity contribution in [1.82, 2.24) is 4.90 Å². The largest absolute Gasteiger partial charge is 0.415 e. The van der Waals surface area contributed by atoms with Gasteiger partial charge in [-0.05, 0) is 24.7 Å². The minimum atomic E-state index is -4.47. The Morgan fingerprint density at radius 2 is 1.73 bits per heavy atom. The van der Waals surface area contributed by atoms with Crippen molar-refractivity contribution in [3.05, 3.63) is 0 Å². The summed E-state index contributed by atoms with van der Waals surface area (Å²) in [5.74, 6) is 1.15. The van der Waals surface area contributed by atoms with Crippen molar-refractivity contribution in [3.63, 3.8) is 0 Å². The van der Waals surface area contributed by atoms with Crippen LogP contribution >= 0.6 is 0 Å². The molecule has 0 radical (unpaired) electrons. The van der Waals surface area contributed by atoms with E-state index in [2.05, 4.69) is 0 Å². The van der Waals surface area contributed by atoms with Crippen LogP contribution in [0.5, 0.6) is 0 Å². The molecule has 5 heteroatoms. The molecule has 0 aromatic heterocycles. The van der Waals surface area contributed by atoms with Gasteiger partial charge in [-0.1, -0.05) is 6.42 Å². The molecule has 3 atom stereocenters. The molecule has 2 rings (SSSR count). The third-order valence-electron chi connectivity index (χ3n) is 3.61. The highest BCUT2D eigenvalue weighted by molar-refractivity contribution is 4.89. The minimum Gasteiger partial charge on any atom is -0.382 e. The van der Waals surface area contributed by atoms with Crippen LogP contribution in [0.15, 0.2) is 0 Å². The Balaban J connectivity index is 1.82. The first-order valence-corrected chi connectivity index (χ1v) is 5.44. The van der Waals surface area contributed by atoms with Crippen LogP contribution < -0.4 is 0 Å². The molecule has 1 heterocycles. The molecular weight excluding hydrogens is 207 g/mol. The molecule has 0 aromatic rings. The van der Waals surface area contributed by atoms with Gasteiger partial charge < -0.3 is 5.11 Å². The summed E-state index contributed by atoms with van der Waals surface area (Å²) < 4.78 is 36.3. The third kappa shape index (κ3) is 2.45. The summed E-state index contributed by atoms with van der Waals surface area (Å²) in [5, 5.41) is 8.94. The van der Waals surface area contributed by atoms with Crippen LogP contribution in [0.3, 0.4) is 0 Å². The predicted molar refractivity (Wildman–Crippen MR) is 49.3 cm³/mol. The zero-order valence-electron chi connectivity index (χ0n) is 8.50. The van der Waals surface area contributed by atoms with Crippen LogP contribution in [0, 0.1) is 11.8 Å². The summed E-state index contributed by atoms with van der Waals surface area (Å²) in [5.41, 5.74) is 0. The Morgan fingerprint density at radius 3 is 2.20 bits per heavy atom. The molecule has 1 saturated heterocycles. The number of hydrogen-bond acceptors (Lipinski definition) is 2. The zero-order chi connectivity index (χ0) is 11.1. The average Bonchev–Trinajstić information content (AvgIpc) is 2.61. The second-order valence-electron chi connectivity index (χ2n) is 4.73. The second kappa shape index (κ2) is 3.94.